The molecule has 0 aliphatic heterocycles. The van der Waals surface area contributed by atoms with Crippen molar-refractivity contribution < 1.29 is 13.5 Å². The average Bonchev–Trinajstić information content (AvgIpc) is 2.44. The predicted octanol–water partition coefficient (Wildman–Crippen LogP) is 2.51. The fourth-order valence-corrected chi connectivity index (χ4v) is 3.04. The fourth-order valence-electron chi connectivity index (χ4n) is 1.84. The van der Waals surface area contributed by atoms with Gasteiger partial charge >= 0.3 is 0 Å². The zero-order chi connectivity index (χ0) is 15.5. The smallest absolute Gasteiger partial charge is 0.237 e. The summed E-state index contributed by atoms with van der Waals surface area (Å²) in [5, 5.41) is 18.5. The van der Waals surface area contributed by atoms with E-state index in [4.69, 9.17) is 5.26 Å². The van der Waals surface area contributed by atoms with Crippen molar-refractivity contribution in [3.8, 4) is 11.8 Å². The largest absolute Gasteiger partial charge is 0.505 e. The number of anilines is 1. The Balaban J connectivity index is 2.18. The molecule has 2 rings (SSSR count). The Labute approximate surface area is 123 Å². The topological polar surface area (TPSA) is 90.2 Å². The molecule has 2 aromatic carbocycles. The number of aromatic hydroxyl groups is 1. The first-order valence-corrected chi connectivity index (χ1v) is 7.84. The first-order chi connectivity index (χ1) is 9.91. The van der Waals surface area contributed by atoms with E-state index >= 15 is 0 Å². The molecule has 0 spiro atoms. The lowest BCUT2D eigenvalue weighted by atomic mass is 10.2. The van der Waals surface area contributed by atoms with Gasteiger partial charge in [0.2, 0.25) is 10.0 Å². The lowest BCUT2D eigenvalue weighted by molar-refractivity contribution is 0.473. The predicted molar refractivity (Wildman–Crippen MR) is 80.2 cm³/mol. The molecular formula is C15H14N2O3S. The number of hydrogen-bond acceptors (Lipinski definition) is 4. The highest BCUT2D eigenvalue weighted by Gasteiger charge is 2.14. The molecule has 0 saturated carbocycles. The van der Waals surface area contributed by atoms with Crippen LogP contribution in [0, 0.1) is 18.3 Å². The molecule has 0 radical (unpaired) electrons. The number of phenols is 1. The second kappa shape index (κ2) is 5.85. The zero-order valence-electron chi connectivity index (χ0n) is 11.4. The number of para-hydroxylation sites is 1. The molecule has 0 amide bonds. The Morgan fingerprint density at radius 3 is 2.48 bits per heavy atom. The van der Waals surface area contributed by atoms with Crippen LogP contribution in [0.2, 0.25) is 0 Å². The van der Waals surface area contributed by atoms with Crippen molar-refractivity contribution in [2.75, 3.05) is 4.72 Å². The van der Waals surface area contributed by atoms with Crippen molar-refractivity contribution >= 4 is 15.7 Å². The van der Waals surface area contributed by atoms with Gasteiger partial charge in [-0.3, -0.25) is 4.72 Å². The molecule has 0 saturated heterocycles. The van der Waals surface area contributed by atoms with E-state index in [0.717, 1.165) is 0 Å². The SMILES string of the molecule is Cc1cccc(NS(=O)(=O)Cc2ccc(C#N)cc2)c1O. The van der Waals surface area contributed by atoms with Gasteiger partial charge in [-0.15, -0.1) is 0 Å². The number of nitrogens with one attached hydrogen (secondary N) is 1. The van der Waals surface area contributed by atoms with Crippen LogP contribution in [0.3, 0.4) is 0 Å². The van der Waals surface area contributed by atoms with Gasteiger partial charge in [0.05, 0.1) is 23.1 Å². The molecule has 2 N–H and O–H groups in total. The zero-order valence-corrected chi connectivity index (χ0v) is 12.2. The van der Waals surface area contributed by atoms with Crippen LogP contribution in [-0.4, -0.2) is 13.5 Å². The average molecular weight is 302 g/mol. The summed E-state index contributed by atoms with van der Waals surface area (Å²) in [7, 11) is -3.64. The van der Waals surface area contributed by atoms with E-state index in [0.29, 0.717) is 16.7 Å². The molecule has 0 aliphatic rings. The molecule has 0 fully saturated rings. The maximum Gasteiger partial charge on any atom is 0.237 e. The van der Waals surface area contributed by atoms with E-state index in [1.807, 2.05) is 6.07 Å². The lowest BCUT2D eigenvalue weighted by Gasteiger charge is -2.11. The van der Waals surface area contributed by atoms with Gasteiger partial charge in [0, 0.05) is 0 Å². The van der Waals surface area contributed by atoms with Gasteiger partial charge in [0.25, 0.3) is 0 Å². The third-order valence-corrected chi connectivity index (χ3v) is 4.19. The van der Waals surface area contributed by atoms with Crippen molar-refractivity contribution in [1.29, 1.82) is 5.26 Å². The number of hydrogen-bond donors (Lipinski definition) is 2. The van der Waals surface area contributed by atoms with Gasteiger partial charge in [-0.2, -0.15) is 5.26 Å². The number of benzene rings is 2. The van der Waals surface area contributed by atoms with E-state index in [1.54, 1.807) is 43.3 Å². The summed E-state index contributed by atoms with van der Waals surface area (Å²) >= 11 is 0. The van der Waals surface area contributed by atoms with Crippen LogP contribution < -0.4 is 4.72 Å². The number of nitrogens with zero attached hydrogens (tertiary/aromatic N) is 1. The van der Waals surface area contributed by atoms with Gasteiger partial charge in [0.1, 0.15) is 5.75 Å². The molecule has 5 nitrogen and oxygen atoms in total. The Bertz CT molecular complexity index is 791. The van der Waals surface area contributed by atoms with Gasteiger partial charge in [-0.25, -0.2) is 8.42 Å². The molecule has 108 valence electrons. The Kier molecular flexibility index (Phi) is 4.15. The molecule has 0 bridgehead atoms. The third-order valence-electron chi connectivity index (χ3n) is 2.94. The number of aryl methyl sites for hydroxylation is 1. The summed E-state index contributed by atoms with van der Waals surface area (Å²) in [4.78, 5) is 0. The maximum absolute atomic E-state index is 12.1. The summed E-state index contributed by atoms with van der Waals surface area (Å²) in [5.41, 5.74) is 1.78. The molecule has 2 aromatic rings. The van der Waals surface area contributed by atoms with Crippen molar-refractivity contribution in [2.45, 2.75) is 12.7 Å². The summed E-state index contributed by atoms with van der Waals surface area (Å²) in [6, 6.07) is 13.1. The minimum absolute atomic E-state index is 0.0825. The molecule has 0 aliphatic carbocycles. The molecule has 6 heteroatoms. The number of nitriles is 1. The molecule has 0 aromatic heterocycles. The first-order valence-electron chi connectivity index (χ1n) is 6.19. The summed E-state index contributed by atoms with van der Waals surface area (Å²) in [6.45, 7) is 1.69. The Morgan fingerprint density at radius 2 is 1.86 bits per heavy atom. The van der Waals surface area contributed by atoms with Crippen molar-refractivity contribution in [3.05, 3.63) is 59.2 Å². The van der Waals surface area contributed by atoms with Gasteiger partial charge in [-0.1, -0.05) is 24.3 Å². The van der Waals surface area contributed by atoms with Crippen LogP contribution in [-0.2, 0) is 15.8 Å². The highest BCUT2D eigenvalue weighted by Crippen LogP contribution is 2.27. The molecule has 0 unspecified atom stereocenters. The highest BCUT2D eigenvalue weighted by atomic mass is 32.2. The van der Waals surface area contributed by atoms with Crippen molar-refractivity contribution in [2.24, 2.45) is 0 Å². The summed E-state index contributed by atoms with van der Waals surface area (Å²) < 4.78 is 26.6. The van der Waals surface area contributed by atoms with E-state index in [9.17, 15) is 13.5 Å². The Morgan fingerprint density at radius 1 is 1.19 bits per heavy atom. The monoisotopic (exact) mass is 302 g/mol. The van der Waals surface area contributed by atoms with Crippen LogP contribution in [0.5, 0.6) is 5.75 Å². The minimum Gasteiger partial charge on any atom is -0.505 e. The second-order valence-electron chi connectivity index (χ2n) is 4.64. The van der Waals surface area contributed by atoms with Gasteiger partial charge in [0.15, 0.2) is 0 Å². The van der Waals surface area contributed by atoms with E-state index in [1.165, 1.54) is 6.07 Å². The van der Waals surface area contributed by atoms with Crippen LogP contribution in [0.4, 0.5) is 5.69 Å². The highest BCUT2D eigenvalue weighted by molar-refractivity contribution is 7.91. The van der Waals surface area contributed by atoms with Crippen LogP contribution in [0.1, 0.15) is 16.7 Å². The summed E-state index contributed by atoms with van der Waals surface area (Å²) in [5.74, 6) is -0.313. The fraction of sp³-hybridized carbons (Fsp3) is 0.133. The lowest BCUT2D eigenvalue weighted by Crippen LogP contribution is -2.15. The van der Waals surface area contributed by atoms with Crippen LogP contribution in [0.15, 0.2) is 42.5 Å². The molecule has 0 atom stereocenters. The van der Waals surface area contributed by atoms with E-state index in [-0.39, 0.29) is 17.2 Å². The van der Waals surface area contributed by atoms with Crippen molar-refractivity contribution in [1.82, 2.24) is 0 Å². The number of rotatable bonds is 4. The Hall–Kier alpha value is -2.52. The standard InChI is InChI=1S/C15H14N2O3S/c1-11-3-2-4-14(15(11)18)17-21(19,20)10-13-7-5-12(9-16)6-8-13/h2-8,17-18H,10H2,1H3. The normalized spacial score (nSPS) is 10.9. The first kappa shape index (κ1) is 14.9. The molecule has 0 heterocycles. The van der Waals surface area contributed by atoms with Gasteiger partial charge in [-0.05, 0) is 36.2 Å². The molecule has 21 heavy (non-hydrogen) atoms. The number of sulfonamides is 1. The van der Waals surface area contributed by atoms with Crippen LogP contribution >= 0.6 is 0 Å². The third kappa shape index (κ3) is 3.74. The van der Waals surface area contributed by atoms with Gasteiger partial charge < -0.3 is 5.11 Å². The quantitative estimate of drug-likeness (QED) is 0.849. The maximum atomic E-state index is 12.1. The van der Waals surface area contributed by atoms with Crippen LogP contribution in [0.25, 0.3) is 0 Å². The molecular weight excluding hydrogens is 288 g/mol. The second-order valence-corrected chi connectivity index (χ2v) is 6.36. The minimum atomic E-state index is -3.64. The number of phenolic OH excluding ortho intramolecular Hbond substituents is 1. The summed E-state index contributed by atoms with van der Waals surface area (Å²) in [6.07, 6.45) is 0. The van der Waals surface area contributed by atoms with Crippen molar-refractivity contribution in [3.63, 3.8) is 0 Å². The van der Waals surface area contributed by atoms with E-state index in [2.05, 4.69) is 4.72 Å². The van der Waals surface area contributed by atoms with E-state index < -0.39 is 10.0 Å².